The van der Waals surface area contributed by atoms with Crippen molar-refractivity contribution in [2.24, 2.45) is 0 Å². The minimum atomic E-state index is -1.27. The van der Waals surface area contributed by atoms with Gasteiger partial charge in [-0.3, -0.25) is 4.79 Å². The van der Waals surface area contributed by atoms with Crippen molar-refractivity contribution in [1.29, 1.82) is 0 Å². The molecule has 0 radical (unpaired) electrons. The largest absolute Gasteiger partial charge is 0.480 e. The normalized spacial score (nSPS) is 11.7. The van der Waals surface area contributed by atoms with Gasteiger partial charge in [0.25, 0.3) is 0 Å². The first kappa shape index (κ1) is 13.9. The highest BCUT2D eigenvalue weighted by atomic mass is 79.9. The smallest absolute Gasteiger partial charge is 0.328 e. The molecular weight excluding hydrogens is 306 g/mol. The molecule has 0 fully saturated rings. The Hall–Kier alpha value is -1.14. The van der Waals surface area contributed by atoms with E-state index in [1.54, 1.807) is 6.08 Å². The summed E-state index contributed by atoms with van der Waals surface area (Å²) in [7, 11) is 0. The number of carbonyl (C=O) groups excluding carboxylic acids is 1. The van der Waals surface area contributed by atoms with Gasteiger partial charge in [-0.05, 0) is 48.0 Å². The van der Waals surface area contributed by atoms with Gasteiger partial charge in [-0.15, -0.1) is 11.3 Å². The Bertz CT molecular complexity index is 465. The molecule has 4 nitrogen and oxygen atoms in total. The lowest BCUT2D eigenvalue weighted by molar-refractivity contribution is -0.145. The number of amides is 1. The summed E-state index contributed by atoms with van der Waals surface area (Å²) in [5.74, 6) is -1.50. The van der Waals surface area contributed by atoms with Gasteiger partial charge in [0, 0.05) is 11.0 Å². The predicted molar refractivity (Wildman–Crippen MR) is 70.9 cm³/mol. The van der Waals surface area contributed by atoms with Gasteiger partial charge in [0.05, 0.1) is 3.79 Å². The molecule has 17 heavy (non-hydrogen) atoms. The number of hydrogen-bond acceptors (Lipinski definition) is 3. The summed E-state index contributed by atoms with van der Waals surface area (Å²) in [6.07, 6.45) is 2.96. The van der Waals surface area contributed by atoms with Gasteiger partial charge in [0.15, 0.2) is 0 Å². The van der Waals surface area contributed by atoms with E-state index in [0.29, 0.717) is 0 Å². The van der Waals surface area contributed by atoms with Crippen molar-refractivity contribution in [2.75, 3.05) is 0 Å². The lowest BCUT2D eigenvalue weighted by atomic mass is 10.1. The number of halogens is 1. The highest BCUT2D eigenvalue weighted by Crippen LogP contribution is 2.22. The molecule has 92 valence electrons. The van der Waals surface area contributed by atoms with Crippen molar-refractivity contribution >= 4 is 45.2 Å². The molecule has 6 heteroatoms. The van der Waals surface area contributed by atoms with E-state index in [0.717, 1.165) is 8.66 Å². The number of nitrogens with one attached hydrogen (secondary N) is 1. The molecule has 1 amide bonds. The quantitative estimate of drug-likeness (QED) is 0.838. The van der Waals surface area contributed by atoms with Crippen LogP contribution < -0.4 is 5.32 Å². The Labute approximate surface area is 111 Å². The molecule has 0 saturated heterocycles. The summed E-state index contributed by atoms with van der Waals surface area (Å²) in [6, 6.07) is 3.74. The number of carboxylic acids is 1. The zero-order valence-corrected chi connectivity index (χ0v) is 11.8. The molecule has 0 bridgehead atoms. The number of carboxylic acid groups (broad SMARTS) is 1. The third kappa shape index (κ3) is 4.32. The molecule has 1 rings (SSSR count). The van der Waals surface area contributed by atoms with Crippen LogP contribution in [-0.4, -0.2) is 22.5 Å². The van der Waals surface area contributed by atoms with Crippen molar-refractivity contribution in [3.8, 4) is 0 Å². The van der Waals surface area contributed by atoms with Crippen LogP contribution in [0.25, 0.3) is 6.08 Å². The monoisotopic (exact) mass is 317 g/mol. The van der Waals surface area contributed by atoms with E-state index in [2.05, 4.69) is 21.2 Å². The first-order valence-corrected chi connectivity index (χ1v) is 6.41. The standard InChI is InChI=1S/C11H12BrNO3S/c1-11(2,10(15)16)13-9(14)6-4-7-3-5-8(12)17-7/h3-6H,1-2H3,(H,13,14)(H,15,16). The third-order valence-corrected chi connectivity index (χ3v) is 3.55. The molecule has 0 aliphatic rings. The van der Waals surface area contributed by atoms with Gasteiger partial charge >= 0.3 is 5.97 Å². The zero-order chi connectivity index (χ0) is 13.1. The highest BCUT2D eigenvalue weighted by molar-refractivity contribution is 9.11. The lowest BCUT2D eigenvalue weighted by Gasteiger charge is -2.19. The maximum Gasteiger partial charge on any atom is 0.328 e. The van der Waals surface area contributed by atoms with Gasteiger partial charge in [-0.1, -0.05) is 0 Å². The Kier molecular flexibility index (Phi) is 4.47. The third-order valence-electron chi connectivity index (χ3n) is 1.96. The average Bonchev–Trinajstić information content (AvgIpc) is 2.60. The molecular formula is C11H12BrNO3S. The van der Waals surface area contributed by atoms with E-state index in [1.165, 1.54) is 31.3 Å². The summed E-state index contributed by atoms with van der Waals surface area (Å²) >= 11 is 4.80. The fourth-order valence-corrected chi connectivity index (χ4v) is 2.31. The van der Waals surface area contributed by atoms with Crippen LogP contribution >= 0.6 is 27.3 Å². The van der Waals surface area contributed by atoms with Crippen molar-refractivity contribution in [3.05, 3.63) is 26.9 Å². The molecule has 0 aliphatic heterocycles. The molecule has 0 aliphatic carbocycles. The Morgan fingerprint density at radius 1 is 1.47 bits per heavy atom. The molecule has 1 aromatic rings. The highest BCUT2D eigenvalue weighted by Gasteiger charge is 2.27. The van der Waals surface area contributed by atoms with Crippen LogP contribution in [0.3, 0.4) is 0 Å². The first-order chi connectivity index (χ1) is 7.81. The fraction of sp³-hybridized carbons (Fsp3) is 0.273. The van der Waals surface area contributed by atoms with E-state index >= 15 is 0 Å². The lowest BCUT2D eigenvalue weighted by Crippen LogP contribution is -2.49. The van der Waals surface area contributed by atoms with Crippen molar-refractivity contribution in [2.45, 2.75) is 19.4 Å². The number of aliphatic carboxylic acids is 1. The van der Waals surface area contributed by atoms with Crippen LogP contribution in [0.5, 0.6) is 0 Å². The number of hydrogen-bond donors (Lipinski definition) is 2. The van der Waals surface area contributed by atoms with Crippen LogP contribution in [0.1, 0.15) is 18.7 Å². The summed E-state index contributed by atoms with van der Waals surface area (Å²) in [5, 5.41) is 11.2. The molecule has 0 aromatic carbocycles. The second kappa shape index (κ2) is 5.46. The Morgan fingerprint density at radius 3 is 2.59 bits per heavy atom. The van der Waals surface area contributed by atoms with Crippen molar-refractivity contribution in [3.63, 3.8) is 0 Å². The van der Waals surface area contributed by atoms with Gasteiger partial charge in [-0.25, -0.2) is 4.79 Å². The van der Waals surface area contributed by atoms with E-state index in [-0.39, 0.29) is 0 Å². The Morgan fingerprint density at radius 2 is 2.12 bits per heavy atom. The minimum absolute atomic E-state index is 0.429. The predicted octanol–water partition coefficient (Wildman–Crippen LogP) is 2.50. The molecule has 1 aromatic heterocycles. The second-order valence-corrected chi connectivity index (χ2v) is 6.39. The van der Waals surface area contributed by atoms with Crippen molar-refractivity contribution in [1.82, 2.24) is 5.32 Å². The number of thiophene rings is 1. The van der Waals surface area contributed by atoms with Crippen LogP contribution in [0.15, 0.2) is 22.0 Å². The number of rotatable bonds is 4. The second-order valence-electron chi connectivity index (χ2n) is 3.89. The summed E-state index contributed by atoms with van der Waals surface area (Å²) in [4.78, 5) is 23.2. The van der Waals surface area contributed by atoms with Crippen LogP contribution in [0.4, 0.5) is 0 Å². The molecule has 0 saturated carbocycles. The van der Waals surface area contributed by atoms with Gasteiger partial charge in [0.2, 0.25) is 5.91 Å². The molecule has 0 spiro atoms. The van der Waals surface area contributed by atoms with E-state index in [4.69, 9.17) is 5.11 Å². The van der Waals surface area contributed by atoms with Gasteiger partial charge < -0.3 is 10.4 Å². The summed E-state index contributed by atoms with van der Waals surface area (Å²) < 4.78 is 0.975. The molecule has 1 heterocycles. The maximum atomic E-state index is 11.5. The van der Waals surface area contributed by atoms with Crippen LogP contribution in [0, 0.1) is 0 Å². The SMILES string of the molecule is CC(C)(NC(=O)C=Cc1ccc(Br)s1)C(=O)O. The average molecular weight is 318 g/mol. The first-order valence-electron chi connectivity index (χ1n) is 4.80. The molecule has 2 N–H and O–H groups in total. The van der Waals surface area contributed by atoms with Crippen LogP contribution in [-0.2, 0) is 9.59 Å². The number of carbonyl (C=O) groups is 2. The van der Waals surface area contributed by atoms with E-state index < -0.39 is 17.4 Å². The minimum Gasteiger partial charge on any atom is -0.480 e. The van der Waals surface area contributed by atoms with Crippen LogP contribution in [0.2, 0.25) is 0 Å². The summed E-state index contributed by atoms with van der Waals surface area (Å²) in [5.41, 5.74) is -1.27. The Balaban J connectivity index is 2.61. The maximum absolute atomic E-state index is 11.5. The molecule has 0 atom stereocenters. The topological polar surface area (TPSA) is 66.4 Å². The summed E-state index contributed by atoms with van der Waals surface area (Å²) in [6.45, 7) is 2.87. The fourth-order valence-electron chi connectivity index (χ4n) is 0.979. The van der Waals surface area contributed by atoms with Gasteiger partial charge in [0.1, 0.15) is 5.54 Å². The zero-order valence-electron chi connectivity index (χ0n) is 9.36. The van der Waals surface area contributed by atoms with Crippen molar-refractivity contribution < 1.29 is 14.7 Å². The van der Waals surface area contributed by atoms with E-state index in [9.17, 15) is 9.59 Å². The van der Waals surface area contributed by atoms with E-state index in [1.807, 2.05) is 12.1 Å². The molecule has 0 unspecified atom stereocenters. The van der Waals surface area contributed by atoms with Gasteiger partial charge in [-0.2, -0.15) is 0 Å².